The Bertz CT molecular complexity index is 1470. The molecule has 33 heavy (non-hydrogen) atoms. The van der Waals surface area contributed by atoms with E-state index in [4.69, 9.17) is 22.4 Å². The maximum absolute atomic E-state index is 12.0. The fourth-order valence-electron chi connectivity index (χ4n) is 4.30. The van der Waals surface area contributed by atoms with Crippen molar-refractivity contribution in [3.63, 3.8) is 0 Å². The van der Waals surface area contributed by atoms with Crippen LogP contribution in [0.5, 0.6) is 0 Å². The number of nitrogens with zero attached hydrogens (tertiary/aromatic N) is 6. The molecule has 3 aromatic heterocycles. The van der Waals surface area contributed by atoms with Gasteiger partial charge in [-0.05, 0) is 43.5 Å². The normalized spacial score (nSPS) is 15.7. The van der Waals surface area contributed by atoms with Gasteiger partial charge in [0.1, 0.15) is 11.5 Å². The molecular weight excluding hydrogens is 438 g/mol. The lowest BCUT2D eigenvalue weighted by molar-refractivity contribution is -0.125. The molecule has 166 valence electrons. The van der Waals surface area contributed by atoms with Crippen molar-refractivity contribution in [2.24, 2.45) is 0 Å². The fourth-order valence-corrected chi connectivity index (χ4v) is 4.51. The highest BCUT2D eigenvalue weighted by Gasteiger charge is 2.29. The lowest BCUT2D eigenvalue weighted by Gasteiger charge is -2.15. The Balaban J connectivity index is 1.56. The topological polar surface area (TPSA) is 94.9 Å². The first kappa shape index (κ1) is 21.0. The quantitative estimate of drug-likeness (QED) is 0.374. The summed E-state index contributed by atoms with van der Waals surface area (Å²) in [6.45, 7) is 7.65. The van der Waals surface area contributed by atoms with Crippen LogP contribution in [0.25, 0.3) is 21.9 Å². The first-order chi connectivity index (χ1) is 16.0. The summed E-state index contributed by atoms with van der Waals surface area (Å²) >= 11 is 6.52. The number of aryl methyl sites for hydroxylation is 1. The summed E-state index contributed by atoms with van der Waals surface area (Å²) in [5, 5.41) is 6.02. The molecule has 5 rings (SSSR count). The van der Waals surface area contributed by atoms with Crippen LogP contribution in [0.4, 0.5) is 5.82 Å². The fraction of sp³-hybridized carbons (Fsp3) is 0.250. The molecule has 4 aromatic rings. The molecule has 0 bridgehead atoms. The smallest absolute Gasteiger partial charge is 0.246 e. The zero-order valence-electron chi connectivity index (χ0n) is 18.1. The highest BCUT2D eigenvalue weighted by Crippen LogP contribution is 2.30. The molecule has 0 radical (unpaired) electrons. The van der Waals surface area contributed by atoms with Crippen LogP contribution in [0.2, 0.25) is 5.02 Å². The summed E-state index contributed by atoms with van der Waals surface area (Å²) in [6, 6.07) is 5.66. The Labute approximate surface area is 195 Å². The number of nitrogen functional groups attached to an aromatic ring is 1. The van der Waals surface area contributed by atoms with Gasteiger partial charge in [-0.1, -0.05) is 24.1 Å². The number of fused-ring (bicyclic) bond motifs is 2. The molecule has 4 heterocycles. The largest absolute Gasteiger partial charge is 0.383 e. The van der Waals surface area contributed by atoms with Crippen molar-refractivity contribution in [3.05, 3.63) is 59.7 Å². The standard InChI is InChI=1S/C24H22ClN7O/c1-3-22(33)31-10-8-16(13-31)32-20-7-9-27-24(26)23(20)18(29-32)6-5-15-11-19-21(12-17(15)25)30(4-2)14-28-19/h3,7,9,11-12,14,16H,1,4,8,10,13H2,2H3,(H2,26,27)/t16-/m0/s1. The van der Waals surface area contributed by atoms with E-state index in [1.165, 1.54) is 6.08 Å². The van der Waals surface area contributed by atoms with Gasteiger partial charge in [-0.15, -0.1) is 0 Å². The van der Waals surface area contributed by atoms with E-state index < -0.39 is 0 Å². The number of pyridine rings is 1. The van der Waals surface area contributed by atoms with Crippen LogP contribution in [-0.2, 0) is 11.3 Å². The second-order valence-electron chi connectivity index (χ2n) is 7.92. The van der Waals surface area contributed by atoms with E-state index in [1.54, 1.807) is 17.4 Å². The minimum absolute atomic E-state index is 0.0201. The van der Waals surface area contributed by atoms with Crippen LogP contribution in [0.15, 0.2) is 43.4 Å². The first-order valence-corrected chi connectivity index (χ1v) is 11.1. The lowest BCUT2D eigenvalue weighted by atomic mass is 10.1. The number of carbonyl (C=O) groups is 1. The van der Waals surface area contributed by atoms with Crippen LogP contribution in [0.1, 0.15) is 30.6 Å². The first-order valence-electron chi connectivity index (χ1n) is 10.7. The van der Waals surface area contributed by atoms with Gasteiger partial charge in [-0.25, -0.2) is 9.97 Å². The Kier molecular flexibility index (Phi) is 5.27. The van der Waals surface area contributed by atoms with Gasteiger partial charge in [0, 0.05) is 31.4 Å². The van der Waals surface area contributed by atoms with Crippen molar-refractivity contribution < 1.29 is 4.79 Å². The van der Waals surface area contributed by atoms with Crippen molar-refractivity contribution in [3.8, 4) is 11.8 Å². The molecule has 2 N–H and O–H groups in total. The highest BCUT2D eigenvalue weighted by molar-refractivity contribution is 6.32. The van der Waals surface area contributed by atoms with E-state index in [9.17, 15) is 4.79 Å². The van der Waals surface area contributed by atoms with E-state index in [2.05, 4.69) is 35.3 Å². The van der Waals surface area contributed by atoms with Crippen molar-refractivity contribution in [1.82, 2.24) is 29.2 Å². The third-order valence-electron chi connectivity index (χ3n) is 6.01. The van der Waals surface area contributed by atoms with Gasteiger partial charge in [0.25, 0.3) is 0 Å². The van der Waals surface area contributed by atoms with Crippen LogP contribution >= 0.6 is 11.6 Å². The second-order valence-corrected chi connectivity index (χ2v) is 8.32. The molecular formula is C24H22ClN7O. The molecule has 0 aliphatic carbocycles. The Morgan fingerprint density at radius 1 is 1.33 bits per heavy atom. The highest BCUT2D eigenvalue weighted by atomic mass is 35.5. The van der Waals surface area contributed by atoms with Crippen molar-refractivity contribution in [1.29, 1.82) is 0 Å². The number of amides is 1. The lowest BCUT2D eigenvalue weighted by Crippen LogP contribution is -2.27. The molecule has 1 atom stereocenters. The van der Waals surface area contributed by atoms with Crippen LogP contribution in [-0.4, -0.2) is 48.2 Å². The number of imidazole rings is 1. The molecule has 1 saturated heterocycles. The van der Waals surface area contributed by atoms with Crippen molar-refractivity contribution in [2.45, 2.75) is 25.9 Å². The van der Waals surface area contributed by atoms with E-state index in [1.807, 2.05) is 27.4 Å². The van der Waals surface area contributed by atoms with E-state index >= 15 is 0 Å². The predicted octanol–water partition coefficient (Wildman–Crippen LogP) is 3.40. The molecule has 1 fully saturated rings. The van der Waals surface area contributed by atoms with E-state index in [0.717, 1.165) is 29.5 Å². The Morgan fingerprint density at radius 3 is 2.97 bits per heavy atom. The number of halogens is 1. The minimum Gasteiger partial charge on any atom is -0.383 e. The molecule has 1 aromatic carbocycles. The van der Waals surface area contributed by atoms with E-state index in [0.29, 0.717) is 40.6 Å². The number of hydrogen-bond donors (Lipinski definition) is 1. The van der Waals surface area contributed by atoms with Crippen LogP contribution in [0, 0.1) is 11.8 Å². The third-order valence-corrected chi connectivity index (χ3v) is 6.32. The summed E-state index contributed by atoms with van der Waals surface area (Å²) in [5.41, 5.74) is 10.0. The molecule has 0 spiro atoms. The monoisotopic (exact) mass is 459 g/mol. The van der Waals surface area contributed by atoms with Gasteiger partial charge in [-0.3, -0.25) is 9.48 Å². The number of hydrogen-bond acceptors (Lipinski definition) is 5. The number of anilines is 1. The summed E-state index contributed by atoms with van der Waals surface area (Å²) in [6.07, 6.45) is 5.58. The van der Waals surface area contributed by atoms with Gasteiger partial charge in [0.2, 0.25) is 5.91 Å². The minimum atomic E-state index is -0.0780. The predicted molar refractivity (Wildman–Crippen MR) is 129 cm³/mol. The number of carbonyl (C=O) groups excluding carboxylic acids is 1. The summed E-state index contributed by atoms with van der Waals surface area (Å²) in [4.78, 5) is 22.5. The zero-order chi connectivity index (χ0) is 23.1. The molecule has 1 amide bonds. The number of likely N-dealkylation sites (tertiary alicyclic amines) is 1. The third kappa shape index (κ3) is 3.60. The molecule has 8 nitrogen and oxygen atoms in total. The number of rotatable bonds is 3. The van der Waals surface area contributed by atoms with Crippen molar-refractivity contribution >= 4 is 45.3 Å². The van der Waals surface area contributed by atoms with Gasteiger partial charge >= 0.3 is 0 Å². The van der Waals surface area contributed by atoms with Crippen LogP contribution in [0.3, 0.4) is 0 Å². The van der Waals surface area contributed by atoms with Gasteiger partial charge in [0.05, 0.1) is 39.3 Å². The Morgan fingerprint density at radius 2 is 2.18 bits per heavy atom. The molecule has 9 heteroatoms. The number of benzene rings is 1. The molecule has 0 unspecified atom stereocenters. The van der Waals surface area contributed by atoms with Gasteiger partial charge in [-0.2, -0.15) is 5.10 Å². The summed E-state index contributed by atoms with van der Waals surface area (Å²) in [5.74, 6) is 6.57. The maximum atomic E-state index is 12.0. The van der Waals surface area contributed by atoms with Gasteiger partial charge in [0.15, 0.2) is 0 Å². The van der Waals surface area contributed by atoms with Gasteiger partial charge < -0.3 is 15.2 Å². The SMILES string of the molecule is C=CC(=O)N1CC[C@H](n2nc(C#Cc3cc4ncn(CC)c4cc3Cl)c3c(N)nccc32)C1. The number of aromatic nitrogens is 5. The summed E-state index contributed by atoms with van der Waals surface area (Å²) < 4.78 is 3.93. The van der Waals surface area contributed by atoms with E-state index in [-0.39, 0.29) is 11.9 Å². The van der Waals surface area contributed by atoms with Crippen LogP contribution < -0.4 is 5.73 Å². The molecule has 1 aliphatic heterocycles. The Hall–Kier alpha value is -3.83. The number of nitrogens with two attached hydrogens (primary N) is 1. The second kappa shape index (κ2) is 8.26. The molecule has 0 saturated carbocycles. The zero-order valence-corrected chi connectivity index (χ0v) is 18.9. The average Bonchev–Trinajstić information content (AvgIpc) is 3.54. The van der Waals surface area contributed by atoms with Crippen molar-refractivity contribution in [2.75, 3.05) is 18.8 Å². The average molecular weight is 460 g/mol. The maximum Gasteiger partial charge on any atom is 0.246 e. The summed E-state index contributed by atoms with van der Waals surface area (Å²) in [7, 11) is 0. The molecule has 1 aliphatic rings.